The van der Waals surface area contributed by atoms with Crippen molar-refractivity contribution < 1.29 is 26.5 Å². The van der Waals surface area contributed by atoms with Crippen molar-refractivity contribution >= 4 is 21.4 Å². The predicted octanol–water partition coefficient (Wildman–Crippen LogP) is 2.45. The maximum Gasteiger partial charge on any atom is 0.442 e. The van der Waals surface area contributed by atoms with Crippen LogP contribution < -0.4 is 11.1 Å². The van der Waals surface area contributed by atoms with Crippen LogP contribution in [0.2, 0.25) is 0 Å². The second-order valence-electron chi connectivity index (χ2n) is 6.05. The van der Waals surface area contributed by atoms with Crippen LogP contribution in [0.4, 0.5) is 14.5 Å². The van der Waals surface area contributed by atoms with Gasteiger partial charge in [0.25, 0.3) is 0 Å². The van der Waals surface area contributed by atoms with Gasteiger partial charge in [-0.05, 0) is 36.8 Å². The zero-order valence-electron chi connectivity index (χ0n) is 15.0. The lowest BCUT2D eigenvalue weighted by molar-refractivity contribution is -0.116. The molecule has 1 N–H and O–H groups in total. The van der Waals surface area contributed by atoms with E-state index in [1.165, 1.54) is 12.1 Å². The molecule has 29 heavy (non-hydrogen) atoms. The van der Waals surface area contributed by atoms with Gasteiger partial charge in [-0.3, -0.25) is 9.32 Å². The quantitative estimate of drug-likeness (QED) is 0.652. The third-order valence-electron chi connectivity index (χ3n) is 4.08. The third kappa shape index (κ3) is 4.24. The minimum atomic E-state index is -4.72. The van der Waals surface area contributed by atoms with Crippen molar-refractivity contribution in [2.75, 3.05) is 5.32 Å². The molecule has 0 spiro atoms. The number of anilines is 1. The van der Waals surface area contributed by atoms with E-state index in [1.54, 1.807) is 12.1 Å². The van der Waals surface area contributed by atoms with Crippen molar-refractivity contribution in [3.63, 3.8) is 0 Å². The predicted molar refractivity (Wildman–Crippen MR) is 99.2 cm³/mol. The number of aromatic nitrogens is 2. The topological polar surface area (TPSA) is 111 Å². The van der Waals surface area contributed by atoms with Crippen LogP contribution in [0, 0.1) is 6.92 Å². The van der Waals surface area contributed by atoms with Crippen LogP contribution in [-0.4, -0.2) is 29.8 Å². The Kier molecular flexibility index (Phi) is 5.59. The summed E-state index contributed by atoms with van der Waals surface area (Å²) in [7, 11) is -4.72. The fraction of sp³-hybridized carbons (Fsp3) is 0.167. The molecule has 0 aliphatic rings. The summed E-state index contributed by atoms with van der Waals surface area (Å²) in [6.45, 7) is 1.40. The number of rotatable bonds is 6. The molecule has 3 aromatic rings. The Morgan fingerprint density at radius 2 is 1.83 bits per heavy atom. The smallest absolute Gasteiger partial charge is 0.325 e. The Morgan fingerprint density at radius 1 is 1.17 bits per heavy atom. The Hall–Kier alpha value is -3.34. The summed E-state index contributed by atoms with van der Waals surface area (Å²) in [6, 6.07) is 11.4. The molecule has 2 aromatic carbocycles. The molecule has 0 unspecified atom stereocenters. The first-order chi connectivity index (χ1) is 13.7. The van der Waals surface area contributed by atoms with Crippen LogP contribution in [-0.2, 0) is 21.2 Å². The highest BCUT2D eigenvalue weighted by Gasteiger charge is 2.26. The van der Waals surface area contributed by atoms with Crippen molar-refractivity contribution in [3.05, 3.63) is 64.6 Å². The maximum atomic E-state index is 12.6. The highest BCUT2D eigenvalue weighted by Crippen LogP contribution is 2.21. The van der Waals surface area contributed by atoms with Crippen molar-refractivity contribution in [2.45, 2.75) is 24.1 Å². The average molecular weight is 423 g/mol. The normalized spacial score (nSPS) is 11.6. The molecular formula is C18H15F2N3O5S. The van der Waals surface area contributed by atoms with Crippen LogP contribution in [0.1, 0.15) is 5.56 Å². The largest absolute Gasteiger partial charge is 0.442 e. The van der Waals surface area contributed by atoms with E-state index in [4.69, 9.17) is 0 Å². The van der Waals surface area contributed by atoms with Gasteiger partial charge in [-0.15, -0.1) is 0 Å². The number of nitrogens with one attached hydrogen (secondary N) is 1. The monoisotopic (exact) mass is 423 g/mol. The molecule has 0 bridgehead atoms. The van der Waals surface area contributed by atoms with Gasteiger partial charge in [-0.2, -0.15) is 8.78 Å². The third-order valence-corrected chi connectivity index (χ3v) is 5.47. The van der Waals surface area contributed by atoms with E-state index >= 15 is 0 Å². The van der Waals surface area contributed by atoms with Gasteiger partial charge in [0, 0.05) is 11.3 Å². The van der Waals surface area contributed by atoms with E-state index in [0.717, 1.165) is 22.3 Å². The number of halogens is 2. The van der Waals surface area contributed by atoms with E-state index in [9.17, 15) is 26.8 Å². The minimum absolute atomic E-state index is 0.171. The Bertz CT molecular complexity index is 1200. The van der Waals surface area contributed by atoms with Crippen molar-refractivity contribution in [1.29, 1.82) is 0 Å². The summed E-state index contributed by atoms with van der Waals surface area (Å²) in [5, 5.41) is 6.18. The summed E-state index contributed by atoms with van der Waals surface area (Å²) in [5.41, 5.74) is 1.61. The fourth-order valence-corrected chi connectivity index (χ4v) is 3.32. The second-order valence-corrected chi connectivity index (χ2v) is 7.97. The van der Waals surface area contributed by atoms with E-state index in [1.807, 2.05) is 19.1 Å². The van der Waals surface area contributed by atoms with Gasteiger partial charge in [0.1, 0.15) is 6.54 Å². The number of carbonyl (C=O) groups excluding carboxylic acids is 1. The molecule has 0 radical (unpaired) electrons. The van der Waals surface area contributed by atoms with Gasteiger partial charge in [0.05, 0.1) is 4.90 Å². The zero-order chi connectivity index (χ0) is 21.2. The molecule has 152 valence electrons. The van der Waals surface area contributed by atoms with Crippen molar-refractivity contribution in [3.8, 4) is 11.4 Å². The lowest BCUT2D eigenvalue weighted by Crippen LogP contribution is -2.25. The lowest BCUT2D eigenvalue weighted by Gasteiger charge is -2.09. The number of hydrogen-bond acceptors (Lipinski definition) is 6. The summed E-state index contributed by atoms with van der Waals surface area (Å²) in [4.78, 5) is 23.7. The van der Waals surface area contributed by atoms with Gasteiger partial charge in [-0.25, -0.2) is 17.8 Å². The SMILES string of the molecule is Cc1ccccc1-c1noc(=O)n1CC(=O)Nc1ccc(S(=O)(=O)C(F)F)cc1. The van der Waals surface area contributed by atoms with Crippen LogP contribution in [0.15, 0.2) is 62.7 Å². The molecule has 0 atom stereocenters. The summed E-state index contributed by atoms with van der Waals surface area (Å²) in [5.74, 6) is -4.80. The highest BCUT2D eigenvalue weighted by molar-refractivity contribution is 7.91. The molecule has 0 saturated carbocycles. The zero-order valence-corrected chi connectivity index (χ0v) is 15.8. The molecule has 1 aromatic heterocycles. The molecule has 11 heteroatoms. The van der Waals surface area contributed by atoms with Crippen LogP contribution >= 0.6 is 0 Å². The fourth-order valence-electron chi connectivity index (χ4n) is 2.60. The van der Waals surface area contributed by atoms with E-state index < -0.39 is 38.7 Å². The van der Waals surface area contributed by atoms with Gasteiger partial charge in [0.2, 0.25) is 15.7 Å². The van der Waals surface area contributed by atoms with E-state index in [2.05, 4.69) is 15.0 Å². The number of alkyl halides is 2. The Morgan fingerprint density at radius 3 is 2.45 bits per heavy atom. The Balaban J connectivity index is 1.78. The van der Waals surface area contributed by atoms with Gasteiger partial charge >= 0.3 is 11.5 Å². The molecule has 0 fully saturated rings. The second kappa shape index (κ2) is 7.95. The van der Waals surface area contributed by atoms with Gasteiger partial charge < -0.3 is 5.32 Å². The number of sulfone groups is 1. The van der Waals surface area contributed by atoms with Gasteiger partial charge in [-0.1, -0.05) is 29.4 Å². The molecule has 3 rings (SSSR count). The van der Waals surface area contributed by atoms with Crippen molar-refractivity contribution in [1.82, 2.24) is 9.72 Å². The molecule has 0 aliphatic heterocycles. The molecule has 0 aliphatic carbocycles. The first kappa shape index (κ1) is 20.4. The molecule has 1 amide bonds. The van der Waals surface area contributed by atoms with Crippen LogP contribution in [0.25, 0.3) is 11.4 Å². The molecule has 0 saturated heterocycles. The number of nitrogens with zero attached hydrogens (tertiary/aromatic N) is 2. The van der Waals surface area contributed by atoms with Crippen molar-refractivity contribution in [2.24, 2.45) is 0 Å². The van der Waals surface area contributed by atoms with Gasteiger partial charge in [0.15, 0.2) is 5.82 Å². The summed E-state index contributed by atoms with van der Waals surface area (Å²) >= 11 is 0. The standard InChI is InChI=1S/C18H15F2N3O5S/c1-11-4-2-3-5-14(11)16-22-28-18(25)23(16)10-15(24)21-12-6-8-13(9-7-12)29(26,27)17(19)20/h2-9,17H,10H2,1H3,(H,21,24). The molecule has 1 heterocycles. The summed E-state index contributed by atoms with van der Waals surface area (Å²) in [6.07, 6.45) is 0. The first-order valence-electron chi connectivity index (χ1n) is 8.24. The first-order valence-corrected chi connectivity index (χ1v) is 9.79. The average Bonchev–Trinajstić information content (AvgIpc) is 3.02. The van der Waals surface area contributed by atoms with Crippen LogP contribution in [0.5, 0.6) is 0 Å². The number of carbonyl (C=O) groups is 1. The lowest BCUT2D eigenvalue weighted by atomic mass is 10.1. The highest BCUT2D eigenvalue weighted by atomic mass is 32.2. The summed E-state index contributed by atoms with van der Waals surface area (Å²) < 4.78 is 53.7. The van der Waals surface area contributed by atoms with Crippen LogP contribution in [0.3, 0.4) is 0 Å². The molecular weight excluding hydrogens is 408 g/mol. The molecule has 8 nitrogen and oxygen atoms in total. The minimum Gasteiger partial charge on any atom is -0.325 e. The van der Waals surface area contributed by atoms with E-state index in [0.29, 0.717) is 5.56 Å². The number of amides is 1. The number of hydrogen-bond donors (Lipinski definition) is 1. The Labute approximate surface area is 163 Å². The number of benzene rings is 2. The van der Waals surface area contributed by atoms with E-state index in [-0.39, 0.29) is 11.5 Å². The number of aryl methyl sites for hydroxylation is 1. The maximum absolute atomic E-state index is 12.6.